The summed E-state index contributed by atoms with van der Waals surface area (Å²) in [6, 6.07) is 1.57. The number of aromatic amines is 1. The van der Waals surface area contributed by atoms with E-state index in [1.807, 2.05) is 19.9 Å². The Balaban J connectivity index is 0.00000107. The number of carboxylic acid groups (broad SMARTS) is 1. The first-order valence-corrected chi connectivity index (χ1v) is 10.1. The van der Waals surface area contributed by atoms with Gasteiger partial charge < -0.3 is 25.8 Å². The van der Waals surface area contributed by atoms with Crippen molar-refractivity contribution < 1.29 is 24.6 Å². The molecule has 11 nitrogen and oxygen atoms in total. The third-order valence-corrected chi connectivity index (χ3v) is 5.15. The number of aromatic nitrogens is 4. The zero-order valence-corrected chi connectivity index (χ0v) is 17.7. The molecule has 2 aromatic heterocycles. The SMILES string of the molecule is Cc1cc(C)n(CCC(=O)N[C@H]2C[C@H](C(=O)NCCc3cnc[nH]3)C[C@@H]2O)n1.O=CO. The lowest BCUT2D eigenvalue weighted by molar-refractivity contribution is -0.125. The number of carbonyl (C=O) groups is 3. The molecule has 0 bridgehead atoms. The first kappa shape index (κ1) is 24.1. The summed E-state index contributed by atoms with van der Waals surface area (Å²) in [5.41, 5.74) is 2.89. The number of aliphatic hydroxyl groups excluding tert-OH is 1. The number of rotatable bonds is 8. The van der Waals surface area contributed by atoms with Gasteiger partial charge in [0.1, 0.15) is 0 Å². The molecule has 2 aromatic rings. The van der Waals surface area contributed by atoms with Gasteiger partial charge >= 0.3 is 0 Å². The van der Waals surface area contributed by atoms with Crippen LogP contribution in [0.2, 0.25) is 0 Å². The van der Waals surface area contributed by atoms with E-state index in [1.54, 1.807) is 17.2 Å². The van der Waals surface area contributed by atoms with Gasteiger partial charge in [-0.1, -0.05) is 0 Å². The molecule has 2 amide bonds. The van der Waals surface area contributed by atoms with Crippen molar-refractivity contribution in [3.8, 4) is 0 Å². The summed E-state index contributed by atoms with van der Waals surface area (Å²) in [5, 5.41) is 27.2. The van der Waals surface area contributed by atoms with Crippen LogP contribution in [0.4, 0.5) is 0 Å². The van der Waals surface area contributed by atoms with Crippen molar-refractivity contribution in [2.45, 2.75) is 58.2 Å². The molecule has 3 rings (SSSR count). The van der Waals surface area contributed by atoms with Crippen LogP contribution < -0.4 is 10.6 Å². The van der Waals surface area contributed by atoms with E-state index in [9.17, 15) is 14.7 Å². The maximum Gasteiger partial charge on any atom is 0.290 e. The Morgan fingerprint density at radius 2 is 2.10 bits per heavy atom. The molecule has 0 spiro atoms. The van der Waals surface area contributed by atoms with Crippen LogP contribution in [-0.4, -0.2) is 66.9 Å². The van der Waals surface area contributed by atoms with Gasteiger partial charge in [-0.3, -0.25) is 19.1 Å². The van der Waals surface area contributed by atoms with Crippen molar-refractivity contribution in [1.82, 2.24) is 30.4 Å². The van der Waals surface area contributed by atoms with E-state index in [2.05, 4.69) is 25.7 Å². The van der Waals surface area contributed by atoms with Crippen molar-refractivity contribution in [3.63, 3.8) is 0 Å². The molecular weight excluding hydrogens is 404 g/mol. The van der Waals surface area contributed by atoms with Crippen LogP contribution in [-0.2, 0) is 27.3 Å². The zero-order valence-electron chi connectivity index (χ0n) is 17.7. The fraction of sp³-hybridized carbons (Fsp3) is 0.550. The van der Waals surface area contributed by atoms with Gasteiger partial charge in [0.25, 0.3) is 6.47 Å². The highest BCUT2D eigenvalue weighted by Crippen LogP contribution is 2.26. The normalized spacial score (nSPS) is 19.9. The molecule has 0 aliphatic heterocycles. The van der Waals surface area contributed by atoms with E-state index in [0.29, 0.717) is 32.4 Å². The minimum absolute atomic E-state index is 0.0852. The summed E-state index contributed by atoms with van der Waals surface area (Å²) < 4.78 is 1.80. The van der Waals surface area contributed by atoms with E-state index < -0.39 is 12.1 Å². The summed E-state index contributed by atoms with van der Waals surface area (Å²) in [6.07, 6.45) is 4.39. The predicted octanol–water partition coefficient (Wildman–Crippen LogP) is -0.0715. The fourth-order valence-electron chi connectivity index (χ4n) is 3.66. The summed E-state index contributed by atoms with van der Waals surface area (Å²) in [6.45, 7) is 4.62. The van der Waals surface area contributed by atoms with Crippen LogP contribution in [0.1, 0.15) is 36.3 Å². The molecule has 31 heavy (non-hydrogen) atoms. The van der Waals surface area contributed by atoms with Crippen molar-refractivity contribution in [1.29, 1.82) is 0 Å². The first-order valence-electron chi connectivity index (χ1n) is 10.1. The van der Waals surface area contributed by atoms with Gasteiger partial charge in [0.05, 0.1) is 24.2 Å². The number of amides is 2. The lowest BCUT2D eigenvalue weighted by Gasteiger charge is -2.16. The van der Waals surface area contributed by atoms with Crippen LogP contribution in [0.5, 0.6) is 0 Å². The molecule has 11 heteroatoms. The fourth-order valence-corrected chi connectivity index (χ4v) is 3.66. The monoisotopic (exact) mass is 434 g/mol. The average Bonchev–Trinajstić information content (AvgIpc) is 3.42. The van der Waals surface area contributed by atoms with Crippen LogP contribution in [0, 0.1) is 19.8 Å². The van der Waals surface area contributed by atoms with Gasteiger partial charge in [0, 0.05) is 49.4 Å². The highest BCUT2D eigenvalue weighted by Gasteiger charge is 2.37. The Kier molecular flexibility index (Phi) is 9.19. The summed E-state index contributed by atoms with van der Waals surface area (Å²) in [5.74, 6) is -0.520. The Bertz CT molecular complexity index is 850. The standard InChI is InChI=1S/C19H28N6O3.CH2O2/c1-12-7-13(2)25(24-12)6-4-18(27)23-16-8-14(9-17(16)26)19(28)21-5-3-15-10-20-11-22-15;2-1-3/h7,10-11,14,16-17,26H,3-6,8-9H2,1-2H3,(H,20,22)(H,21,28)(H,23,27);1H,(H,2,3)/t14-,16-,17-;/m0./s1. The molecule has 170 valence electrons. The van der Waals surface area contributed by atoms with E-state index in [0.717, 1.165) is 17.1 Å². The van der Waals surface area contributed by atoms with E-state index in [-0.39, 0.29) is 30.6 Å². The van der Waals surface area contributed by atoms with Crippen LogP contribution in [0.3, 0.4) is 0 Å². The molecular formula is C20H30N6O5. The highest BCUT2D eigenvalue weighted by molar-refractivity contribution is 5.80. The number of imidazole rings is 1. The summed E-state index contributed by atoms with van der Waals surface area (Å²) in [7, 11) is 0. The van der Waals surface area contributed by atoms with Gasteiger partial charge in [-0.2, -0.15) is 5.10 Å². The second-order valence-corrected chi connectivity index (χ2v) is 7.53. The minimum Gasteiger partial charge on any atom is -0.483 e. The van der Waals surface area contributed by atoms with E-state index in [4.69, 9.17) is 9.90 Å². The van der Waals surface area contributed by atoms with Crippen LogP contribution >= 0.6 is 0 Å². The van der Waals surface area contributed by atoms with Crippen molar-refractivity contribution in [2.75, 3.05) is 6.54 Å². The topological polar surface area (TPSA) is 162 Å². The summed E-state index contributed by atoms with van der Waals surface area (Å²) in [4.78, 5) is 39.9. The van der Waals surface area contributed by atoms with Crippen molar-refractivity contribution in [3.05, 3.63) is 35.7 Å². The molecule has 1 aliphatic carbocycles. The number of carbonyl (C=O) groups excluding carboxylic acids is 2. The van der Waals surface area contributed by atoms with Gasteiger partial charge in [0.15, 0.2) is 0 Å². The second kappa shape index (κ2) is 11.8. The number of aliphatic hydroxyl groups is 1. The van der Waals surface area contributed by atoms with E-state index in [1.165, 1.54) is 0 Å². The third-order valence-electron chi connectivity index (χ3n) is 5.15. The number of nitrogens with one attached hydrogen (secondary N) is 3. The largest absolute Gasteiger partial charge is 0.483 e. The molecule has 0 radical (unpaired) electrons. The first-order chi connectivity index (χ1) is 14.8. The molecule has 0 aromatic carbocycles. The second-order valence-electron chi connectivity index (χ2n) is 7.53. The maximum absolute atomic E-state index is 12.3. The Hall–Kier alpha value is -3.21. The molecule has 1 fully saturated rings. The number of aryl methyl sites for hydroxylation is 3. The number of nitrogens with zero attached hydrogens (tertiary/aromatic N) is 3. The molecule has 0 saturated heterocycles. The minimum atomic E-state index is -0.707. The average molecular weight is 434 g/mol. The number of H-pyrrole nitrogens is 1. The van der Waals surface area contributed by atoms with Crippen LogP contribution in [0.15, 0.2) is 18.6 Å². The van der Waals surface area contributed by atoms with Gasteiger partial charge in [0.2, 0.25) is 11.8 Å². The zero-order chi connectivity index (χ0) is 22.8. The summed E-state index contributed by atoms with van der Waals surface area (Å²) >= 11 is 0. The molecule has 2 heterocycles. The molecule has 1 saturated carbocycles. The Labute approximate surface area is 180 Å². The van der Waals surface area contributed by atoms with E-state index >= 15 is 0 Å². The lowest BCUT2D eigenvalue weighted by atomic mass is 10.1. The van der Waals surface area contributed by atoms with Crippen molar-refractivity contribution >= 4 is 18.3 Å². The highest BCUT2D eigenvalue weighted by atomic mass is 16.3. The molecule has 5 N–H and O–H groups in total. The number of hydrogen-bond donors (Lipinski definition) is 5. The lowest BCUT2D eigenvalue weighted by Crippen LogP contribution is -2.40. The smallest absolute Gasteiger partial charge is 0.290 e. The van der Waals surface area contributed by atoms with Crippen LogP contribution in [0.25, 0.3) is 0 Å². The number of hydrogen-bond acceptors (Lipinski definition) is 6. The Morgan fingerprint density at radius 3 is 2.71 bits per heavy atom. The quantitative estimate of drug-likeness (QED) is 0.363. The Morgan fingerprint density at radius 1 is 1.35 bits per heavy atom. The van der Waals surface area contributed by atoms with Gasteiger partial charge in [-0.05, 0) is 32.8 Å². The van der Waals surface area contributed by atoms with Crippen molar-refractivity contribution in [2.24, 2.45) is 5.92 Å². The van der Waals surface area contributed by atoms with Gasteiger partial charge in [-0.25, -0.2) is 4.98 Å². The third kappa shape index (κ3) is 7.52. The van der Waals surface area contributed by atoms with Gasteiger partial charge in [-0.15, -0.1) is 0 Å². The molecule has 1 aliphatic rings. The predicted molar refractivity (Wildman–Crippen MR) is 111 cm³/mol. The molecule has 3 atom stereocenters. The maximum atomic E-state index is 12.3. The molecule has 0 unspecified atom stereocenters.